The average molecular weight is 748 g/mol. The maximum absolute atomic E-state index is 14.3. The number of ether oxygens (including phenoxy) is 1. The lowest BCUT2D eigenvalue weighted by atomic mass is 10.0. The number of amides is 3. The highest BCUT2D eigenvalue weighted by Crippen LogP contribution is 2.45. The molecular formula is C38H45N5O9S. The molecule has 0 bridgehead atoms. The molecule has 53 heavy (non-hydrogen) atoms. The van der Waals surface area contributed by atoms with Gasteiger partial charge in [0, 0.05) is 23.5 Å². The average Bonchev–Trinajstić information content (AvgIpc) is 3.97. The number of oxime groups is 1. The molecule has 1 aliphatic heterocycles. The molecule has 3 amide bonds. The monoisotopic (exact) mass is 747 g/mol. The second-order valence-corrected chi connectivity index (χ2v) is 16.9. The minimum Gasteiger partial charge on any atom is -0.430 e. The van der Waals surface area contributed by atoms with Crippen LogP contribution in [-0.4, -0.2) is 84.5 Å². The van der Waals surface area contributed by atoms with Gasteiger partial charge in [-0.2, -0.15) is 0 Å². The van der Waals surface area contributed by atoms with Crippen LogP contribution in [0.4, 0.5) is 4.79 Å². The predicted molar refractivity (Wildman–Crippen MR) is 193 cm³/mol. The number of carbonyl (C=O) groups excluding carboxylic acids is 4. The van der Waals surface area contributed by atoms with Gasteiger partial charge in [-0.05, 0) is 62.0 Å². The van der Waals surface area contributed by atoms with E-state index in [1.54, 1.807) is 13.8 Å². The second-order valence-electron chi connectivity index (χ2n) is 14.9. The van der Waals surface area contributed by atoms with Crippen LogP contribution in [-0.2, 0) is 38.8 Å². The van der Waals surface area contributed by atoms with Gasteiger partial charge in [0.05, 0.1) is 11.8 Å². The van der Waals surface area contributed by atoms with Gasteiger partial charge in [0.1, 0.15) is 35.5 Å². The first-order chi connectivity index (χ1) is 25.4. The maximum Gasteiger partial charge on any atom is 0.528 e. The fourth-order valence-corrected chi connectivity index (χ4v) is 8.90. The molecule has 15 heteroatoms. The standard InChI is InChI=1S/C38H45N5O9S/c1-4-23-20-38(23,36(46)42-53(48,49)26-17-18-26)39-34(44)31-19-25(51-41-33-29-15-9-7-13-27(29)28-14-8-10-16-30(28)33)21-43(31)35(45)32(22(2)3)40-52-37(47)50-24-11-5-6-12-24/h4,7-10,13-16,22-26,31-32,40H,1,5-6,11-12,17-21H2,2-3H3,(H,39,44)(H,42,46)/t23-,25-,31+,32-,38-/m1/s1. The van der Waals surface area contributed by atoms with Crippen molar-refractivity contribution < 1.29 is 42.0 Å². The zero-order valence-corrected chi connectivity index (χ0v) is 30.6. The summed E-state index contributed by atoms with van der Waals surface area (Å²) in [6.07, 6.45) is 4.06. The summed E-state index contributed by atoms with van der Waals surface area (Å²) in [5, 5.41) is 6.71. The van der Waals surface area contributed by atoms with Crippen LogP contribution in [0.15, 0.2) is 66.3 Å². The third-order valence-corrected chi connectivity index (χ3v) is 12.6. The number of benzene rings is 2. The summed E-state index contributed by atoms with van der Waals surface area (Å²) in [6, 6.07) is 13.4. The van der Waals surface area contributed by atoms with Gasteiger partial charge in [0.15, 0.2) is 0 Å². The largest absolute Gasteiger partial charge is 0.528 e. The molecule has 14 nitrogen and oxygen atoms in total. The van der Waals surface area contributed by atoms with Crippen molar-refractivity contribution in [2.24, 2.45) is 17.0 Å². The van der Waals surface area contributed by atoms with Crippen molar-refractivity contribution in [3.63, 3.8) is 0 Å². The van der Waals surface area contributed by atoms with Crippen molar-refractivity contribution in [2.45, 2.75) is 100 Å². The first kappa shape index (κ1) is 36.6. The molecule has 0 spiro atoms. The van der Waals surface area contributed by atoms with Gasteiger partial charge in [0.2, 0.25) is 21.8 Å². The molecule has 2 aromatic rings. The first-order valence-corrected chi connectivity index (χ1v) is 19.8. The van der Waals surface area contributed by atoms with Crippen molar-refractivity contribution >= 4 is 39.6 Å². The maximum atomic E-state index is 14.3. The summed E-state index contributed by atoms with van der Waals surface area (Å²) >= 11 is 0. The zero-order valence-electron chi connectivity index (χ0n) is 29.8. The number of fused-ring (bicyclic) bond motifs is 3. The highest BCUT2D eigenvalue weighted by atomic mass is 32.2. The molecular weight excluding hydrogens is 703 g/mol. The van der Waals surface area contributed by atoms with E-state index in [0.29, 0.717) is 18.6 Å². The molecule has 2 aromatic carbocycles. The number of hydroxylamine groups is 1. The highest BCUT2D eigenvalue weighted by molar-refractivity contribution is 7.91. The van der Waals surface area contributed by atoms with Crippen molar-refractivity contribution in [3.8, 4) is 11.1 Å². The van der Waals surface area contributed by atoms with E-state index in [-0.39, 0.29) is 25.5 Å². The molecule has 1 heterocycles. The lowest BCUT2D eigenvalue weighted by Gasteiger charge is -2.30. The normalized spacial score (nSPS) is 25.2. The summed E-state index contributed by atoms with van der Waals surface area (Å²) in [4.78, 5) is 67.1. The summed E-state index contributed by atoms with van der Waals surface area (Å²) in [5.74, 6) is -2.96. The van der Waals surface area contributed by atoms with Crippen molar-refractivity contribution in [1.29, 1.82) is 0 Å². The number of likely N-dealkylation sites (tertiary alicyclic amines) is 1. The van der Waals surface area contributed by atoms with E-state index in [1.807, 2.05) is 48.5 Å². The molecule has 0 unspecified atom stereocenters. The third kappa shape index (κ3) is 7.41. The van der Waals surface area contributed by atoms with Crippen LogP contribution in [0.25, 0.3) is 11.1 Å². The van der Waals surface area contributed by atoms with Gasteiger partial charge in [-0.15, -0.1) is 12.1 Å². The van der Waals surface area contributed by atoms with Gasteiger partial charge >= 0.3 is 6.16 Å². The zero-order chi connectivity index (χ0) is 37.5. The van der Waals surface area contributed by atoms with Crippen LogP contribution in [0, 0.1) is 11.8 Å². The molecule has 5 atom stereocenters. The van der Waals surface area contributed by atoms with Gasteiger partial charge in [-0.25, -0.2) is 13.2 Å². The Bertz CT molecular complexity index is 1890. The van der Waals surface area contributed by atoms with Crippen molar-refractivity contribution in [1.82, 2.24) is 20.4 Å². The number of hydrogen-bond acceptors (Lipinski definition) is 11. The Morgan fingerprint density at radius 2 is 1.57 bits per heavy atom. The van der Waals surface area contributed by atoms with Crippen LogP contribution < -0.4 is 15.5 Å². The molecule has 4 aliphatic carbocycles. The van der Waals surface area contributed by atoms with E-state index >= 15 is 0 Å². The van der Waals surface area contributed by atoms with Gasteiger partial charge in [-0.1, -0.05) is 73.6 Å². The Balaban J connectivity index is 1.12. The van der Waals surface area contributed by atoms with E-state index in [4.69, 9.17) is 14.4 Å². The Kier molecular flexibility index (Phi) is 10.1. The van der Waals surface area contributed by atoms with Crippen LogP contribution in [0.5, 0.6) is 0 Å². The molecule has 0 aromatic heterocycles. The van der Waals surface area contributed by atoms with Gasteiger partial charge in [-0.3, -0.25) is 19.1 Å². The smallest absolute Gasteiger partial charge is 0.430 e. The molecule has 4 fully saturated rings. The van der Waals surface area contributed by atoms with E-state index in [0.717, 1.165) is 47.9 Å². The van der Waals surface area contributed by atoms with Crippen LogP contribution in [0.2, 0.25) is 0 Å². The molecule has 0 radical (unpaired) electrons. The number of nitrogens with zero attached hydrogens (tertiary/aromatic N) is 2. The number of carbonyl (C=O) groups is 4. The molecule has 1 saturated heterocycles. The SMILES string of the molecule is C=C[C@@H]1C[C@]1(NC(=O)[C@@H]1C[C@@H](ON=C2c3ccccc3-c3ccccc32)CN1C(=O)[C@H](NOC(=O)OC1CCCC1)C(C)C)C(=O)NS(=O)(=O)C1CC1. The van der Waals surface area contributed by atoms with Crippen LogP contribution in [0.3, 0.4) is 0 Å². The fraction of sp³-hybridized carbons (Fsp3) is 0.500. The van der Waals surface area contributed by atoms with E-state index in [9.17, 15) is 27.6 Å². The topological polar surface area (TPSA) is 182 Å². The minimum absolute atomic E-state index is 0.0177. The Labute approximate surface area is 308 Å². The van der Waals surface area contributed by atoms with E-state index in [1.165, 1.54) is 11.0 Å². The quantitative estimate of drug-likeness (QED) is 0.133. The molecule has 5 aliphatic rings. The van der Waals surface area contributed by atoms with Crippen LogP contribution >= 0.6 is 0 Å². The van der Waals surface area contributed by atoms with E-state index < -0.39 is 74.7 Å². The first-order valence-electron chi connectivity index (χ1n) is 18.3. The summed E-state index contributed by atoms with van der Waals surface area (Å²) < 4.78 is 32.9. The van der Waals surface area contributed by atoms with Gasteiger partial charge in [0.25, 0.3) is 5.91 Å². The molecule has 7 rings (SSSR count). The lowest BCUT2D eigenvalue weighted by molar-refractivity contribution is -0.144. The van der Waals surface area contributed by atoms with Crippen molar-refractivity contribution in [2.75, 3.05) is 6.54 Å². The second kappa shape index (κ2) is 14.6. The number of sulfonamides is 1. The van der Waals surface area contributed by atoms with Gasteiger partial charge < -0.3 is 24.6 Å². The summed E-state index contributed by atoms with van der Waals surface area (Å²) in [7, 11) is -3.89. The Morgan fingerprint density at radius 1 is 0.943 bits per heavy atom. The molecule has 3 N–H and O–H groups in total. The molecule has 3 saturated carbocycles. The number of hydrogen-bond donors (Lipinski definition) is 3. The summed E-state index contributed by atoms with van der Waals surface area (Å²) in [5.41, 5.74) is 5.44. The molecule has 282 valence electrons. The summed E-state index contributed by atoms with van der Waals surface area (Å²) in [6.45, 7) is 7.25. The fourth-order valence-electron chi connectivity index (χ4n) is 7.53. The Morgan fingerprint density at radius 3 is 2.13 bits per heavy atom. The number of rotatable bonds is 13. The lowest BCUT2D eigenvalue weighted by Crippen LogP contribution is -2.58. The number of nitrogens with one attached hydrogen (secondary N) is 3. The highest BCUT2D eigenvalue weighted by Gasteiger charge is 2.62. The van der Waals surface area contributed by atoms with E-state index in [2.05, 4.69) is 27.3 Å². The van der Waals surface area contributed by atoms with Crippen LogP contribution in [0.1, 0.15) is 76.3 Å². The van der Waals surface area contributed by atoms with Crippen molar-refractivity contribution in [3.05, 3.63) is 72.3 Å². The third-order valence-electron chi connectivity index (χ3n) is 10.8. The predicted octanol–water partition coefficient (Wildman–Crippen LogP) is 3.70. The Hall–Kier alpha value is -4.76. The minimum atomic E-state index is -3.89.